The lowest BCUT2D eigenvalue weighted by Gasteiger charge is -2.36. The normalized spacial score (nSPS) is 18.8. The van der Waals surface area contributed by atoms with E-state index in [0.717, 1.165) is 5.56 Å². The van der Waals surface area contributed by atoms with Crippen LogP contribution < -0.4 is 10.2 Å². The molecule has 1 atom stereocenters. The smallest absolute Gasteiger partial charge is 0.246 e. The Balaban J connectivity index is 2.19. The molecule has 25 heavy (non-hydrogen) atoms. The second-order valence-corrected chi connectivity index (χ2v) is 5.91. The van der Waals surface area contributed by atoms with Crippen LogP contribution in [0.1, 0.15) is 30.0 Å². The fourth-order valence-corrected chi connectivity index (χ4v) is 3.20. The highest BCUT2D eigenvalue weighted by Gasteiger charge is 2.43. The van der Waals surface area contributed by atoms with E-state index in [9.17, 15) is 15.0 Å². The Kier molecular flexibility index (Phi) is 4.48. The van der Waals surface area contributed by atoms with Gasteiger partial charge in [-0.1, -0.05) is 31.2 Å². The summed E-state index contributed by atoms with van der Waals surface area (Å²) in [7, 11) is 0. The number of phenols is 1. The first-order valence-electron chi connectivity index (χ1n) is 7.94. The summed E-state index contributed by atoms with van der Waals surface area (Å²) in [4.78, 5) is 11.9. The molecular weight excluding hydrogens is 322 g/mol. The van der Waals surface area contributed by atoms with Crippen LogP contribution in [0.2, 0.25) is 0 Å². The fraction of sp³-hybridized carbons (Fsp3) is 0.211. The van der Waals surface area contributed by atoms with Crippen LogP contribution in [-0.4, -0.2) is 21.3 Å². The van der Waals surface area contributed by atoms with E-state index in [-0.39, 0.29) is 12.2 Å². The number of carbonyl (C=O) groups is 1. The third kappa shape index (κ3) is 2.97. The second kappa shape index (κ2) is 6.58. The van der Waals surface area contributed by atoms with Crippen LogP contribution in [0.3, 0.4) is 0 Å². The van der Waals surface area contributed by atoms with Gasteiger partial charge in [-0.2, -0.15) is 0 Å². The van der Waals surface area contributed by atoms with Crippen molar-refractivity contribution in [1.82, 2.24) is 5.48 Å². The molecule has 0 radical (unpaired) electrons. The highest BCUT2D eigenvalue weighted by molar-refractivity contribution is 5.85. The summed E-state index contributed by atoms with van der Waals surface area (Å²) in [6, 6.07) is 11.7. The van der Waals surface area contributed by atoms with E-state index in [0.29, 0.717) is 28.9 Å². The van der Waals surface area contributed by atoms with Crippen molar-refractivity contribution >= 4 is 11.5 Å². The van der Waals surface area contributed by atoms with Crippen LogP contribution in [0.4, 0.5) is 0 Å². The highest BCUT2D eigenvalue weighted by atomic mass is 16.5. The Morgan fingerprint density at radius 3 is 2.56 bits per heavy atom. The molecule has 1 aliphatic rings. The average molecular weight is 341 g/mol. The molecule has 6 nitrogen and oxygen atoms in total. The molecule has 2 aromatic carbocycles. The van der Waals surface area contributed by atoms with Gasteiger partial charge in [-0.05, 0) is 35.7 Å². The quantitative estimate of drug-likeness (QED) is 0.506. The standard InChI is InChI=1S/C19H19NO5/c1-2-12-4-3-5-16-18(12)19(23,10-17(22)20-24)15(11-25-16)13-6-8-14(21)9-7-13/h3-9,11,21,23-24H,2,10H2,1H3,(H,20,22). The third-order valence-corrected chi connectivity index (χ3v) is 4.38. The van der Waals surface area contributed by atoms with E-state index in [2.05, 4.69) is 0 Å². The van der Waals surface area contributed by atoms with Crippen LogP contribution in [0, 0.1) is 0 Å². The van der Waals surface area contributed by atoms with Crippen LogP contribution in [0.5, 0.6) is 11.5 Å². The van der Waals surface area contributed by atoms with Crippen molar-refractivity contribution in [1.29, 1.82) is 0 Å². The first-order chi connectivity index (χ1) is 12.0. The van der Waals surface area contributed by atoms with E-state index in [1.54, 1.807) is 23.7 Å². The zero-order valence-corrected chi connectivity index (χ0v) is 13.7. The van der Waals surface area contributed by atoms with Crippen molar-refractivity contribution in [3.63, 3.8) is 0 Å². The van der Waals surface area contributed by atoms with Gasteiger partial charge in [0, 0.05) is 11.1 Å². The Hall–Kier alpha value is -2.83. The number of hydrogen-bond donors (Lipinski definition) is 4. The molecular formula is C19H19NO5. The predicted molar refractivity (Wildman–Crippen MR) is 91.0 cm³/mol. The van der Waals surface area contributed by atoms with Crippen LogP contribution in [0.25, 0.3) is 5.57 Å². The lowest BCUT2D eigenvalue weighted by Crippen LogP contribution is -2.37. The van der Waals surface area contributed by atoms with Gasteiger partial charge >= 0.3 is 0 Å². The summed E-state index contributed by atoms with van der Waals surface area (Å²) in [5, 5.41) is 30.0. The first kappa shape index (κ1) is 17.0. The molecule has 0 fully saturated rings. The van der Waals surface area contributed by atoms with E-state index >= 15 is 0 Å². The molecule has 1 amide bonds. The predicted octanol–water partition coefficient (Wildman–Crippen LogP) is 2.47. The monoisotopic (exact) mass is 341 g/mol. The van der Waals surface area contributed by atoms with Gasteiger partial charge in [0.2, 0.25) is 5.91 Å². The molecule has 0 aliphatic carbocycles. The molecule has 1 heterocycles. The number of hydrogen-bond acceptors (Lipinski definition) is 5. The lowest BCUT2D eigenvalue weighted by molar-refractivity contribution is -0.133. The number of amides is 1. The number of benzene rings is 2. The zero-order chi connectivity index (χ0) is 18.0. The van der Waals surface area contributed by atoms with Crippen LogP contribution in [-0.2, 0) is 16.8 Å². The van der Waals surface area contributed by atoms with Crippen molar-refractivity contribution in [2.45, 2.75) is 25.4 Å². The van der Waals surface area contributed by atoms with E-state index < -0.39 is 11.5 Å². The van der Waals surface area contributed by atoms with Gasteiger partial charge in [-0.15, -0.1) is 0 Å². The summed E-state index contributed by atoms with van der Waals surface area (Å²) < 4.78 is 5.70. The summed E-state index contributed by atoms with van der Waals surface area (Å²) in [5.74, 6) is -0.159. The number of nitrogens with one attached hydrogen (secondary N) is 1. The van der Waals surface area contributed by atoms with E-state index in [4.69, 9.17) is 9.94 Å². The number of rotatable bonds is 4. The number of aryl methyl sites for hydroxylation is 1. The number of ether oxygens (including phenoxy) is 1. The maximum atomic E-state index is 11.9. The SMILES string of the molecule is CCc1cccc2c1C(O)(CC(=O)NO)C(c1ccc(O)cc1)=CO2. The van der Waals surface area contributed by atoms with Crippen molar-refractivity contribution in [3.8, 4) is 11.5 Å². The van der Waals surface area contributed by atoms with Gasteiger partial charge in [0.1, 0.15) is 17.1 Å². The minimum absolute atomic E-state index is 0.0902. The van der Waals surface area contributed by atoms with Gasteiger partial charge in [0.25, 0.3) is 0 Å². The largest absolute Gasteiger partial charge is 0.508 e. The van der Waals surface area contributed by atoms with Crippen molar-refractivity contribution < 1.29 is 25.0 Å². The number of fused-ring (bicyclic) bond motifs is 1. The summed E-state index contributed by atoms with van der Waals surface area (Å²) in [6.07, 6.45) is 1.67. The maximum Gasteiger partial charge on any atom is 0.246 e. The second-order valence-electron chi connectivity index (χ2n) is 5.91. The molecule has 4 N–H and O–H groups in total. The van der Waals surface area contributed by atoms with Crippen molar-refractivity contribution in [3.05, 3.63) is 65.4 Å². The molecule has 0 spiro atoms. The Morgan fingerprint density at radius 2 is 1.92 bits per heavy atom. The topological polar surface area (TPSA) is 99.0 Å². The zero-order valence-electron chi connectivity index (χ0n) is 13.7. The molecule has 130 valence electrons. The number of aliphatic hydroxyl groups is 1. The van der Waals surface area contributed by atoms with Gasteiger partial charge in [-0.25, -0.2) is 5.48 Å². The van der Waals surface area contributed by atoms with Crippen LogP contribution >= 0.6 is 0 Å². The molecule has 6 heteroatoms. The molecule has 1 aliphatic heterocycles. The molecule has 0 aromatic heterocycles. The molecule has 1 unspecified atom stereocenters. The minimum Gasteiger partial charge on any atom is -0.508 e. The fourth-order valence-electron chi connectivity index (χ4n) is 3.20. The van der Waals surface area contributed by atoms with Gasteiger partial charge in [0.05, 0.1) is 12.7 Å². The van der Waals surface area contributed by atoms with E-state index in [1.807, 2.05) is 19.1 Å². The summed E-state index contributed by atoms with van der Waals surface area (Å²) >= 11 is 0. The Bertz CT molecular complexity index is 828. The number of carbonyl (C=O) groups excluding carboxylic acids is 1. The van der Waals surface area contributed by atoms with Crippen LogP contribution in [0.15, 0.2) is 48.7 Å². The molecule has 0 saturated carbocycles. The molecule has 3 rings (SSSR count). The highest BCUT2D eigenvalue weighted by Crippen LogP contribution is 2.48. The summed E-state index contributed by atoms with van der Waals surface area (Å²) in [6.45, 7) is 1.95. The molecule has 0 saturated heterocycles. The third-order valence-electron chi connectivity index (χ3n) is 4.38. The average Bonchev–Trinajstić information content (AvgIpc) is 2.62. The maximum absolute atomic E-state index is 11.9. The minimum atomic E-state index is -1.68. The number of phenolic OH excluding ortho intramolecular Hbond substituents is 1. The molecule has 2 aromatic rings. The lowest BCUT2D eigenvalue weighted by atomic mass is 9.76. The van der Waals surface area contributed by atoms with Gasteiger partial charge in [-0.3, -0.25) is 10.0 Å². The van der Waals surface area contributed by atoms with Gasteiger partial charge in [0.15, 0.2) is 0 Å². The van der Waals surface area contributed by atoms with Crippen molar-refractivity contribution in [2.24, 2.45) is 0 Å². The number of hydroxylamine groups is 1. The van der Waals surface area contributed by atoms with E-state index in [1.165, 1.54) is 18.4 Å². The number of aromatic hydroxyl groups is 1. The van der Waals surface area contributed by atoms with Gasteiger partial charge < -0.3 is 14.9 Å². The Morgan fingerprint density at radius 1 is 1.20 bits per heavy atom. The summed E-state index contributed by atoms with van der Waals surface area (Å²) in [5.41, 5.74) is 2.23. The molecule has 0 bridgehead atoms. The first-order valence-corrected chi connectivity index (χ1v) is 7.94. The van der Waals surface area contributed by atoms with Crippen molar-refractivity contribution in [2.75, 3.05) is 0 Å². The Labute approximate surface area is 145 Å².